The Kier molecular flexibility index (Phi) is 3.83. The van der Waals surface area contributed by atoms with E-state index < -0.39 is 11.9 Å². The van der Waals surface area contributed by atoms with Gasteiger partial charge in [-0.05, 0) is 49.9 Å². The molecule has 5 nitrogen and oxygen atoms in total. The standard InChI is InChI=1S/C16H16ClNO4/c1-16(13-5-3-2-4-12(13)14(19)21-16)22-15(20)18-11-8-6-10(17)7-9-11/h6-9H,2-5H2,1H3,(H,18,20). The highest BCUT2D eigenvalue weighted by molar-refractivity contribution is 6.30. The number of carbonyl (C=O) groups excluding carboxylic acids is 2. The number of esters is 1. The fourth-order valence-corrected chi connectivity index (χ4v) is 2.99. The molecule has 1 aromatic carbocycles. The third-order valence-corrected chi connectivity index (χ3v) is 4.18. The van der Waals surface area contributed by atoms with Crippen molar-refractivity contribution in [2.24, 2.45) is 0 Å². The minimum Gasteiger partial charge on any atom is -0.415 e. The Morgan fingerprint density at radius 2 is 1.95 bits per heavy atom. The van der Waals surface area contributed by atoms with Crippen molar-refractivity contribution in [1.29, 1.82) is 0 Å². The van der Waals surface area contributed by atoms with Gasteiger partial charge in [0.05, 0.1) is 0 Å². The van der Waals surface area contributed by atoms with Gasteiger partial charge in [-0.15, -0.1) is 0 Å². The summed E-state index contributed by atoms with van der Waals surface area (Å²) < 4.78 is 10.7. The molecule has 1 amide bonds. The molecule has 22 heavy (non-hydrogen) atoms. The first-order valence-electron chi connectivity index (χ1n) is 7.19. The first-order valence-corrected chi connectivity index (χ1v) is 7.57. The molecule has 116 valence electrons. The molecular formula is C16H16ClNO4. The van der Waals surface area contributed by atoms with Gasteiger partial charge in [-0.2, -0.15) is 0 Å². The molecule has 2 aliphatic rings. The number of anilines is 1. The average molecular weight is 322 g/mol. The lowest BCUT2D eigenvalue weighted by atomic mass is 9.89. The molecule has 0 saturated carbocycles. The van der Waals surface area contributed by atoms with E-state index in [4.69, 9.17) is 21.1 Å². The second kappa shape index (κ2) is 5.65. The van der Waals surface area contributed by atoms with Crippen molar-refractivity contribution in [1.82, 2.24) is 0 Å². The summed E-state index contributed by atoms with van der Waals surface area (Å²) in [4.78, 5) is 24.0. The van der Waals surface area contributed by atoms with Crippen LogP contribution in [0.1, 0.15) is 32.6 Å². The summed E-state index contributed by atoms with van der Waals surface area (Å²) in [5.41, 5.74) is 2.00. The van der Waals surface area contributed by atoms with Crippen LogP contribution in [0.4, 0.5) is 10.5 Å². The average Bonchev–Trinajstić information content (AvgIpc) is 2.73. The smallest absolute Gasteiger partial charge is 0.415 e. The van der Waals surface area contributed by atoms with Crippen molar-refractivity contribution < 1.29 is 19.1 Å². The second-order valence-electron chi connectivity index (χ2n) is 5.52. The molecule has 0 radical (unpaired) electrons. The van der Waals surface area contributed by atoms with Crippen LogP contribution in [0, 0.1) is 0 Å². The van der Waals surface area contributed by atoms with Gasteiger partial charge in [-0.25, -0.2) is 9.59 Å². The fourth-order valence-electron chi connectivity index (χ4n) is 2.87. The van der Waals surface area contributed by atoms with E-state index in [2.05, 4.69) is 5.32 Å². The van der Waals surface area contributed by atoms with Gasteiger partial charge in [0.1, 0.15) is 0 Å². The van der Waals surface area contributed by atoms with Gasteiger partial charge in [-0.3, -0.25) is 5.32 Å². The van der Waals surface area contributed by atoms with Gasteiger partial charge in [0.15, 0.2) is 0 Å². The van der Waals surface area contributed by atoms with Crippen molar-refractivity contribution in [3.63, 3.8) is 0 Å². The predicted octanol–water partition coefficient (Wildman–Crippen LogP) is 4.03. The highest BCUT2D eigenvalue weighted by atomic mass is 35.5. The number of nitrogens with one attached hydrogen (secondary N) is 1. The second-order valence-corrected chi connectivity index (χ2v) is 5.96. The number of cyclic esters (lactones) is 1. The lowest BCUT2D eigenvalue weighted by Gasteiger charge is -2.27. The SMILES string of the molecule is CC1(OC(=O)Nc2ccc(Cl)cc2)OC(=O)C2=C1CCCC2. The zero-order chi connectivity index (χ0) is 15.7. The molecular weight excluding hydrogens is 306 g/mol. The molecule has 1 unspecified atom stereocenters. The largest absolute Gasteiger partial charge is 0.415 e. The van der Waals surface area contributed by atoms with Crippen LogP contribution in [-0.4, -0.2) is 17.8 Å². The van der Waals surface area contributed by atoms with Gasteiger partial charge in [0.25, 0.3) is 5.79 Å². The molecule has 0 fully saturated rings. The lowest BCUT2D eigenvalue weighted by Crippen LogP contribution is -2.36. The number of benzene rings is 1. The highest BCUT2D eigenvalue weighted by Crippen LogP contribution is 2.41. The maximum Gasteiger partial charge on any atom is 0.415 e. The Bertz CT molecular complexity index is 653. The summed E-state index contributed by atoms with van der Waals surface area (Å²) in [5.74, 6) is -1.68. The number of halogens is 1. The minimum atomic E-state index is -1.30. The molecule has 0 spiro atoms. The first-order chi connectivity index (χ1) is 10.5. The van der Waals surface area contributed by atoms with Crippen molar-refractivity contribution in [2.45, 2.75) is 38.4 Å². The summed E-state index contributed by atoms with van der Waals surface area (Å²) in [6.45, 7) is 1.61. The summed E-state index contributed by atoms with van der Waals surface area (Å²) in [6, 6.07) is 6.66. The van der Waals surface area contributed by atoms with Crippen LogP contribution in [0.5, 0.6) is 0 Å². The molecule has 6 heteroatoms. The van der Waals surface area contributed by atoms with Gasteiger partial charge in [0.2, 0.25) is 0 Å². The molecule has 1 aromatic rings. The number of hydrogen-bond donors (Lipinski definition) is 1. The van der Waals surface area contributed by atoms with E-state index in [-0.39, 0.29) is 5.97 Å². The third kappa shape index (κ3) is 2.81. The lowest BCUT2D eigenvalue weighted by molar-refractivity contribution is -0.174. The Morgan fingerprint density at radius 1 is 1.27 bits per heavy atom. The van der Waals surface area contributed by atoms with Crippen LogP contribution in [-0.2, 0) is 14.3 Å². The zero-order valence-electron chi connectivity index (χ0n) is 12.1. The number of rotatable bonds is 2. The van der Waals surface area contributed by atoms with Gasteiger partial charge >= 0.3 is 12.1 Å². The monoisotopic (exact) mass is 321 g/mol. The van der Waals surface area contributed by atoms with E-state index in [0.717, 1.165) is 18.4 Å². The molecule has 0 saturated heterocycles. The van der Waals surface area contributed by atoms with Crippen LogP contribution < -0.4 is 5.32 Å². The number of amides is 1. The third-order valence-electron chi connectivity index (χ3n) is 3.93. The quantitative estimate of drug-likeness (QED) is 0.835. The van der Waals surface area contributed by atoms with Crippen LogP contribution in [0.3, 0.4) is 0 Å². The summed E-state index contributed by atoms with van der Waals surface area (Å²) in [5, 5.41) is 3.17. The molecule has 1 atom stereocenters. The topological polar surface area (TPSA) is 64.6 Å². The van der Waals surface area contributed by atoms with Crippen molar-refractivity contribution in [2.75, 3.05) is 5.32 Å². The van der Waals surface area contributed by atoms with E-state index in [1.54, 1.807) is 31.2 Å². The molecule has 0 aromatic heterocycles. The number of ether oxygens (including phenoxy) is 2. The van der Waals surface area contributed by atoms with Gasteiger partial charge < -0.3 is 9.47 Å². The van der Waals surface area contributed by atoms with Crippen LogP contribution in [0.25, 0.3) is 0 Å². The Balaban J connectivity index is 1.72. The zero-order valence-corrected chi connectivity index (χ0v) is 12.9. The molecule has 1 aliphatic carbocycles. The van der Waals surface area contributed by atoms with Crippen molar-refractivity contribution in [3.8, 4) is 0 Å². The minimum absolute atomic E-state index is 0.378. The summed E-state index contributed by atoms with van der Waals surface area (Å²) in [6.07, 6.45) is 2.66. The molecule has 1 aliphatic heterocycles. The van der Waals surface area contributed by atoms with E-state index in [1.165, 1.54) is 0 Å². The molecule has 1 N–H and O–H groups in total. The first kappa shape index (κ1) is 14.9. The normalized spacial score (nSPS) is 23.8. The van der Waals surface area contributed by atoms with E-state index in [9.17, 15) is 9.59 Å². The van der Waals surface area contributed by atoms with Crippen molar-refractivity contribution in [3.05, 3.63) is 40.4 Å². The van der Waals surface area contributed by atoms with Crippen LogP contribution >= 0.6 is 11.6 Å². The summed E-state index contributed by atoms with van der Waals surface area (Å²) >= 11 is 5.79. The molecule has 3 rings (SSSR count). The number of carbonyl (C=O) groups is 2. The Hall–Kier alpha value is -2.01. The van der Waals surface area contributed by atoms with Crippen LogP contribution in [0.15, 0.2) is 35.4 Å². The number of hydrogen-bond acceptors (Lipinski definition) is 4. The molecule has 1 heterocycles. The van der Waals surface area contributed by atoms with Gasteiger partial charge in [0, 0.05) is 28.8 Å². The highest BCUT2D eigenvalue weighted by Gasteiger charge is 2.47. The van der Waals surface area contributed by atoms with Crippen molar-refractivity contribution >= 4 is 29.4 Å². The van der Waals surface area contributed by atoms with Crippen LogP contribution in [0.2, 0.25) is 5.02 Å². The maximum absolute atomic E-state index is 12.1. The fraction of sp³-hybridized carbons (Fsp3) is 0.375. The van der Waals surface area contributed by atoms with E-state index in [1.807, 2.05) is 0 Å². The Morgan fingerprint density at radius 3 is 2.68 bits per heavy atom. The predicted molar refractivity (Wildman–Crippen MR) is 81.5 cm³/mol. The Labute approximate surface area is 133 Å². The summed E-state index contributed by atoms with van der Waals surface area (Å²) in [7, 11) is 0. The molecule has 0 bridgehead atoms. The van der Waals surface area contributed by atoms with E-state index in [0.29, 0.717) is 29.1 Å². The van der Waals surface area contributed by atoms with Gasteiger partial charge in [-0.1, -0.05) is 11.6 Å². The van der Waals surface area contributed by atoms with E-state index >= 15 is 0 Å². The maximum atomic E-state index is 12.1.